The van der Waals surface area contributed by atoms with E-state index in [1.807, 2.05) is 0 Å². The number of halogens is 2. The molecule has 2 bridgehead atoms. The van der Waals surface area contributed by atoms with Crippen LogP contribution in [0.25, 0.3) is 0 Å². The highest BCUT2D eigenvalue weighted by Crippen LogP contribution is 2.44. The predicted octanol–water partition coefficient (Wildman–Crippen LogP) is 4.06. The quantitative estimate of drug-likeness (QED) is 0.792. The van der Waals surface area contributed by atoms with Gasteiger partial charge in [0.2, 0.25) is 0 Å². The summed E-state index contributed by atoms with van der Waals surface area (Å²) in [4.78, 5) is 0. The van der Waals surface area contributed by atoms with Crippen LogP contribution in [0.1, 0.15) is 25.7 Å². The summed E-state index contributed by atoms with van der Waals surface area (Å²) in [6.07, 6.45) is 5.20. The Morgan fingerprint density at radius 1 is 1.32 bits per heavy atom. The molecule has 102 valence electrons. The summed E-state index contributed by atoms with van der Waals surface area (Å²) in [6, 6.07) is 5.39. The van der Waals surface area contributed by atoms with Crippen LogP contribution in [-0.2, 0) is 0 Å². The summed E-state index contributed by atoms with van der Waals surface area (Å²) >= 11 is 8.52. The number of nitrogens with one attached hydrogen (secondary N) is 2. The van der Waals surface area contributed by atoms with Gasteiger partial charge >= 0.3 is 0 Å². The SMILES string of the molecule is Fc1cc(Br)ccc1NC(=S)N[C@@H]1C[C@H]2CC[C@H]1C2. The Labute approximate surface area is 126 Å². The molecule has 2 aliphatic rings. The van der Waals surface area contributed by atoms with Gasteiger partial charge in [-0.1, -0.05) is 22.4 Å². The maximum atomic E-state index is 13.7. The monoisotopic (exact) mass is 342 g/mol. The Balaban J connectivity index is 1.59. The first kappa shape index (κ1) is 13.3. The minimum atomic E-state index is -0.300. The highest BCUT2D eigenvalue weighted by molar-refractivity contribution is 9.10. The van der Waals surface area contributed by atoms with Crippen molar-refractivity contribution in [3.05, 3.63) is 28.5 Å². The zero-order chi connectivity index (χ0) is 13.4. The van der Waals surface area contributed by atoms with Gasteiger partial charge in [-0.2, -0.15) is 0 Å². The minimum Gasteiger partial charge on any atom is -0.359 e. The molecule has 0 unspecified atom stereocenters. The van der Waals surface area contributed by atoms with E-state index in [1.54, 1.807) is 12.1 Å². The third-order valence-electron chi connectivity index (χ3n) is 4.23. The van der Waals surface area contributed by atoms with Crippen LogP contribution in [0.2, 0.25) is 0 Å². The lowest BCUT2D eigenvalue weighted by atomic mass is 9.96. The molecule has 1 aromatic rings. The average molecular weight is 343 g/mol. The van der Waals surface area contributed by atoms with Crippen LogP contribution >= 0.6 is 28.1 Å². The molecular weight excluding hydrogens is 327 g/mol. The third kappa shape index (κ3) is 2.92. The molecule has 3 atom stereocenters. The molecule has 0 amide bonds. The Kier molecular flexibility index (Phi) is 3.76. The maximum absolute atomic E-state index is 13.7. The first-order valence-corrected chi connectivity index (χ1v) is 7.84. The molecule has 0 saturated heterocycles. The van der Waals surface area contributed by atoms with Crippen LogP contribution in [0.3, 0.4) is 0 Å². The van der Waals surface area contributed by atoms with Gasteiger partial charge in [0.1, 0.15) is 5.82 Å². The first-order chi connectivity index (χ1) is 9.11. The fraction of sp³-hybridized carbons (Fsp3) is 0.500. The van der Waals surface area contributed by atoms with Gasteiger partial charge in [-0.15, -0.1) is 0 Å². The lowest BCUT2D eigenvalue weighted by molar-refractivity contribution is 0.391. The molecule has 0 radical (unpaired) electrons. The molecule has 2 N–H and O–H groups in total. The molecule has 2 saturated carbocycles. The summed E-state index contributed by atoms with van der Waals surface area (Å²) in [5.74, 6) is 1.32. The van der Waals surface area contributed by atoms with Crippen LogP contribution in [-0.4, -0.2) is 11.2 Å². The number of hydrogen-bond acceptors (Lipinski definition) is 1. The van der Waals surface area contributed by atoms with Crippen molar-refractivity contribution in [1.82, 2.24) is 5.32 Å². The van der Waals surface area contributed by atoms with E-state index < -0.39 is 0 Å². The van der Waals surface area contributed by atoms with Crippen LogP contribution in [0.15, 0.2) is 22.7 Å². The molecule has 2 fully saturated rings. The van der Waals surface area contributed by atoms with Crippen molar-refractivity contribution < 1.29 is 4.39 Å². The van der Waals surface area contributed by atoms with E-state index in [9.17, 15) is 4.39 Å². The fourth-order valence-corrected chi connectivity index (χ4v) is 3.93. The van der Waals surface area contributed by atoms with Gasteiger partial charge in [-0.3, -0.25) is 0 Å². The number of rotatable bonds is 2. The largest absolute Gasteiger partial charge is 0.359 e. The molecule has 2 nitrogen and oxygen atoms in total. The normalized spacial score (nSPS) is 28.4. The zero-order valence-corrected chi connectivity index (χ0v) is 12.9. The summed E-state index contributed by atoms with van der Waals surface area (Å²) in [6.45, 7) is 0. The zero-order valence-electron chi connectivity index (χ0n) is 10.5. The Morgan fingerprint density at radius 3 is 2.79 bits per heavy atom. The van der Waals surface area contributed by atoms with Gasteiger partial charge in [-0.05, 0) is 61.5 Å². The van der Waals surface area contributed by atoms with E-state index in [0.717, 1.165) is 16.3 Å². The number of hydrogen-bond donors (Lipinski definition) is 2. The summed E-state index contributed by atoms with van der Waals surface area (Å²) in [5, 5.41) is 6.82. The molecule has 5 heteroatoms. The molecule has 0 heterocycles. The lowest BCUT2D eigenvalue weighted by Gasteiger charge is -2.24. The van der Waals surface area contributed by atoms with Crippen LogP contribution in [0, 0.1) is 17.7 Å². The predicted molar refractivity (Wildman–Crippen MR) is 82.7 cm³/mol. The Hall–Kier alpha value is -0.680. The smallest absolute Gasteiger partial charge is 0.171 e. The molecule has 0 spiro atoms. The van der Waals surface area contributed by atoms with E-state index in [-0.39, 0.29) is 5.82 Å². The van der Waals surface area contributed by atoms with Crippen LogP contribution < -0.4 is 10.6 Å². The van der Waals surface area contributed by atoms with Gasteiger partial charge in [0, 0.05) is 10.5 Å². The molecular formula is C14H16BrFN2S. The van der Waals surface area contributed by atoms with E-state index in [1.165, 1.54) is 31.7 Å². The van der Waals surface area contributed by atoms with Crippen molar-refractivity contribution in [2.45, 2.75) is 31.7 Å². The second kappa shape index (κ2) is 5.37. The summed E-state index contributed by atoms with van der Waals surface area (Å²) in [5.41, 5.74) is 0.420. The minimum absolute atomic E-state index is 0.300. The van der Waals surface area contributed by atoms with Gasteiger partial charge in [0.15, 0.2) is 5.11 Å². The molecule has 0 aromatic heterocycles. The van der Waals surface area contributed by atoms with Gasteiger partial charge in [0.05, 0.1) is 5.69 Å². The topological polar surface area (TPSA) is 24.1 Å². The third-order valence-corrected chi connectivity index (χ3v) is 4.95. The summed E-state index contributed by atoms with van der Waals surface area (Å²) < 4.78 is 14.4. The first-order valence-electron chi connectivity index (χ1n) is 6.64. The number of thiocarbonyl (C=S) groups is 1. The van der Waals surface area contributed by atoms with Crippen molar-refractivity contribution in [2.75, 3.05) is 5.32 Å². The van der Waals surface area contributed by atoms with Gasteiger partial charge in [0.25, 0.3) is 0 Å². The fourth-order valence-electron chi connectivity index (χ4n) is 3.34. The highest BCUT2D eigenvalue weighted by atomic mass is 79.9. The van der Waals surface area contributed by atoms with Crippen LogP contribution in [0.5, 0.6) is 0 Å². The molecule has 3 rings (SSSR count). The van der Waals surface area contributed by atoms with Crippen molar-refractivity contribution in [3.63, 3.8) is 0 Å². The molecule has 2 aliphatic carbocycles. The lowest BCUT2D eigenvalue weighted by Crippen LogP contribution is -2.40. The molecule has 19 heavy (non-hydrogen) atoms. The van der Waals surface area contributed by atoms with Crippen molar-refractivity contribution in [1.29, 1.82) is 0 Å². The van der Waals surface area contributed by atoms with Gasteiger partial charge in [-0.25, -0.2) is 4.39 Å². The Morgan fingerprint density at radius 2 is 2.16 bits per heavy atom. The second-order valence-electron chi connectivity index (χ2n) is 5.50. The standard InChI is InChI=1S/C14H16BrFN2S/c15-10-3-4-12(11(16)7-10)17-14(19)18-13-6-8-1-2-9(13)5-8/h3-4,7-9,13H,1-2,5-6H2,(H2,17,18,19)/t8-,9-,13+/m0/s1. The van der Waals surface area contributed by atoms with Crippen molar-refractivity contribution >= 4 is 38.9 Å². The summed E-state index contributed by atoms with van der Waals surface area (Å²) in [7, 11) is 0. The number of fused-ring (bicyclic) bond motifs is 2. The molecule has 1 aromatic carbocycles. The van der Waals surface area contributed by atoms with E-state index in [4.69, 9.17) is 12.2 Å². The number of benzene rings is 1. The highest BCUT2D eigenvalue weighted by Gasteiger charge is 2.39. The number of anilines is 1. The van der Waals surface area contributed by atoms with E-state index >= 15 is 0 Å². The van der Waals surface area contributed by atoms with Crippen molar-refractivity contribution in [3.8, 4) is 0 Å². The van der Waals surface area contributed by atoms with E-state index in [2.05, 4.69) is 26.6 Å². The van der Waals surface area contributed by atoms with Crippen molar-refractivity contribution in [2.24, 2.45) is 11.8 Å². The van der Waals surface area contributed by atoms with E-state index in [0.29, 0.717) is 16.8 Å². The van der Waals surface area contributed by atoms with Crippen LogP contribution in [0.4, 0.5) is 10.1 Å². The Bertz CT molecular complexity index is 508. The average Bonchev–Trinajstić information content (AvgIpc) is 2.95. The maximum Gasteiger partial charge on any atom is 0.171 e. The van der Waals surface area contributed by atoms with Gasteiger partial charge < -0.3 is 10.6 Å². The molecule has 0 aliphatic heterocycles. The second-order valence-corrected chi connectivity index (χ2v) is 6.83.